The number of allylic oxidation sites excluding steroid dienone is 1. The molecule has 1 fully saturated rings. The predicted molar refractivity (Wildman–Crippen MR) is 43.3 cm³/mol. The number of hydrogen-bond acceptors (Lipinski definition) is 2. The molecule has 0 spiro atoms. The van der Waals surface area contributed by atoms with Gasteiger partial charge in [-0.3, -0.25) is 4.79 Å². The minimum atomic E-state index is 0.113. The van der Waals surface area contributed by atoms with Gasteiger partial charge in [-0.1, -0.05) is 6.08 Å². The predicted octanol–water partition coefficient (Wildman–Crippen LogP) is 1.56. The largest absolute Gasteiger partial charge is 0.378 e. The summed E-state index contributed by atoms with van der Waals surface area (Å²) in [5.74, 6) is 0.387. The Bertz CT molecular complexity index is 163. The van der Waals surface area contributed by atoms with Crippen LogP contribution >= 0.6 is 0 Å². The van der Waals surface area contributed by atoms with E-state index in [9.17, 15) is 4.79 Å². The van der Waals surface area contributed by atoms with Crippen LogP contribution < -0.4 is 0 Å². The number of ketones is 1. The number of rotatable bonds is 3. The van der Waals surface area contributed by atoms with Gasteiger partial charge in [0.15, 0.2) is 0 Å². The maximum atomic E-state index is 11.3. The maximum absolute atomic E-state index is 11.3. The summed E-state index contributed by atoms with van der Waals surface area (Å²) in [5.41, 5.74) is 0. The molecule has 0 aromatic heterocycles. The minimum Gasteiger partial charge on any atom is -0.378 e. The third kappa shape index (κ3) is 1.90. The number of ether oxygens (including phenoxy) is 1. The Labute approximate surface area is 67.2 Å². The molecule has 2 heteroatoms. The summed E-state index contributed by atoms with van der Waals surface area (Å²) in [5, 5.41) is 0. The van der Waals surface area contributed by atoms with Crippen molar-refractivity contribution in [1.82, 2.24) is 0 Å². The lowest BCUT2D eigenvalue weighted by Crippen LogP contribution is -2.20. The van der Waals surface area contributed by atoms with Crippen LogP contribution in [0.3, 0.4) is 0 Å². The van der Waals surface area contributed by atoms with Crippen LogP contribution in [0.1, 0.15) is 19.8 Å². The fourth-order valence-corrected chi connectivity index (χ4v) is 1.45. The summed E-state index contributed by atoms with van der Waals surface area (Å²) in [6.45, 7) is 6.22. The molecule has 2 nitrogen and oxygen atoms in total. The molecular weight excluding hydrogens is 140 g/mol. The van der Waals surface area contributed by atoms with Crippen molar-refractivity contribution in [3.63, 3.8) is 0 Å². The molecule has 2 unspecified atom stereocenters. The number of carbonyl (C=O) groups is 1. The Morgan fingerprint density at radius 1 is 1.82 bits per heavy atom. The lowest BCUT2D eigenvalue weighted by molar-refractivity contribution is -0.123. The minimum absolute atomic E-state index is 0.113. The standard InChI is InChI=1S/C9H14O2/c1-3-4-9(10)8-5-6-11-7(8)2/h3,7-8H,1,4-6H2,2H3. The zero-order chi connectivity index (χ0) is 8.27. The maximum Gasteiger partial charge on any atom is 0.142 e. The van der Waals surface area contributed by atoms with Crippen LogP contribution in [0.2, 0.25) is 0 Å². The number of Topliss-reactive ketones (excluding diaryl/α,β-unsaturated/α-hetero) is 1. The summed E-state index contributed by atoms with van der Waals surface area (Å²) < 4.78 is 5.28. The molecule has 0 aromatic rings. The van der Waals surface area contributed by atoms with Crippen molar-refractivity contribution >= 4 is 5.78 Å². The van der Waals surface area contributed by atoms with E-state index in [2.05, 4.69) is 6.58 Å². The van der Waals surface area contributed by atoms with Gasteiger partial charge in [0.1, 0.15) is 5.78 Å². The fraction of sp³-hybridized carbons (Fsp3) is 0.667. The van der Waals surface area contributed by atoms with Gasteiger partial charge in [-0.2, -0.15) is 0 Å². The van der Waals surface area contributed by atoms with E-state index in [1.807, 2.05) is 6.92 Å². The first-order chi connectivity index (χ1) is 5.25. The molecule has 0 aromatic carbocycles. The van der Waals surface area contributed by atoms with E-state index in [0.29, 0.717) is 6.42 Å². The van der Waals surface area contributed by atoms with E-state index in [0.717, 1.165) is 13.0 Å². The van der Waals surface area contributed by atoms with Gasteiger partial charge in [-0.25, -0.2) is 0 Å². The van der Waals surface area contributed by atoms with Gasteiger partial charge >= 0.3 is 0 Å². The molecule has 1 aliphatic rings. The second-order valence-electron chi connectivity index (χ2n) is 2.93. The van der Waals surface area contributed by atoms with Gasteiger partial charge in [0.2, 0.25) is 0 Å². The summed E-state index contributed by atoms with van der Waals surface area (Å²) in [6, 6.07) is 0. The van der Waals surface area contributed by atoms with Crippen molar-refractivity contribution in [3.05, 3.63) is 12.7 Å². The molecule has 0 aliphatic carbocycles. The second-order valence-corrected chi connectivity index (χ2v) is 2.93. The van der Waals surface area contributed by atoms with Crippen LogP contribution in [0.4, 0.5) is 0 Å². The van der Waals surface area contributed by atoms with Crippen molar-refractivity contribution in [2.45, 2.75) is 25.9 Å². The third-order valence-corrected chi connectivity index (χ3v) is 2.14. The first kappa shape index (κ1) is 8.47. The van der Waals surface area contributed by atoms with Crippen molar-refractivity contribution in [2.75, 3.05) is 6.61 Å². The van der Waals surface area contributed by atoms with E-state index >= 15 is 0 Å². The molecule has 1 saturated heterocycles. The molecule has 0 N–H and O–H groups in total. The van der Waals surface area contributed by atoms with Crippen molar-refractivity contribution < 1.29 is 9.53 Å². The molecular formula is C9H14O2. The third-order valence-electron chi connectivity index (χ3n) is 2.14. The highest BCUT2D eigenvalue weighted by molar-refractivity contribution is 5.83. The molecule has 0 amide bonds. The highest BCUT2D eigenvalue weighted by atomic mass is 16.5. The molecule has 0 bridgehead atoms. The number of hydrogen-bond donors (Lipinski definition) is 0. The smallest absolute Gasteiger partial charge is 0.142 e. The molecule has 1 aliphatic heterocycles. The normalized spacial score (nSPS) is 30.3. The van der Waals surface area contributed by atoms with Crippen LogP contribution in [0, 0.1) is 5.92 Å². The van der Waals surface area contributed by atoms with Crippen molar-refractivity contribution in [2.24, 2.45) is 5.92 Å². The van der Waals surface area contributed by atoms with Gasteiger partial charge < -0.3 is 4.74 Å². The van der Waals surface area contributed by atoms with Gasteiger partial charge in [-0.15, -0.1) is 6.58 Å². The topological polar surface area (TPSA) is 26.3 Å². The lowest BCUT2D eigenvalue weighted by Gasteiger charge is -2.10. The summed E-state index contributed by atoms with van der Waals surface area (Å²) in [7, 11) is 0. The van der Waals surface area contributed by atoms with Gasteiger partial charge in [-0.05, 0) is 13.3 Å². The average molecular weight is 154 g/mol. The van der Waals surface area contributed by atoms with Crippen LogP contribution in [-0.4, -0.2) is 18.5 Å². The van der Waals surface area contributed by atoms with E-state index in [1.165, 1.54) is 0 Å². The van der Waals surface area contributed by atoms with Gasteiger partial charge in [0.25, 0.3) is 0 Å². The quantitative estimate of drug-likeness (QED) is 0.576. The Morgan fingerprint density at radius 3 is 3.00 bits per heavy atom. The Hall–Kier alpha value is -0.630. The monoisotopic (exact) mass is 154 g/mol. The molecule has 0 radical (unpaired) electrons. The van der Waals surface area contributed by atoms with E-state index < -0.39 is 0 Å². The van der Waals surface area contributed by atoms with Crippen molar-refractivity contribution in [3.8, 4) is 0 Å². The molecule has 11 heavy (non-hydrogen) atoms. The van der Waals surface area contributed by atoms with E-state index in [-0.39, 0.29) is 17.8 Å². The SMILES string of the molecule is C=CCC(=O)C1CCOC1C. The zero-order valence-electron chi connectivity index (χ0n) is 6.88. The van der Waals surface area contributed by atoms with Crippen molar-refractivity contribution in [1.29, 1.82) is 0 Å². The molecule has 62 valence electrons. The number of carbonyl (C=O) groups excluding carboxylic acids is 1. The zero-order valence-corrected chi connectivity index (χ0v) is 6.88. The Balaban J connectivity index is 2.45. The van der Waals surface area contributed by atoms with E-state index in [4.69, 9.17) is 4.74 Å². The van der Waals surface area contributed by atoms with Crippen LogP contribution in [0.15, 0.2) is 12.7 Å². The summed E-state index contributed by atoms with van der Waals surface area (Å²) >= 11 is 0. The van der Waals surface area contributed by atoms with Crippen LogP contribution in [0.25, 0.3) is 0 Å². The van der Waals surface area contributed by atoms with Gasteiger partial charge in [0.05, 0.1) is 6.10 Å². The summed E-state index contributed by atoms with van der Waals surface area (Å²) in [6.07, 6.45) is 3.14. The fourth-order valence-electron chi connectivity index (χ4n) is 1.45. The molecule has 1 heterocycles. The highest BCUT2D eigenvalue weighted by Gasteiger charge is 2.29. The Morgan fingerprint density at radius 2 is 2.55 bits per heavy atom. The van der Waals surface area contributed by atoms with Gasteiger partial charge in [0, 0.05) is 18.9 Å². The average Bonchev–Trinajstić information content (AvgIpc) is 2.36. The Kier molecular flexibility index (Phi) is 2.83. The molecule has 1 rings (SSSR count). The lowest BCUT2D eigenvalue weighted by atomic mass is 9.95. The van der Waals surface area contributed by atoms with E-state index in [1.54, 1.807) is 6.08 Å². The first-order valence-electron chi connectivity index (χ1n) is 4.01. The highest BCUT2D eigenvalue weighted by Crippen LogP contribution is 2.22. The first-order valence-corrected chi connectivity index (χ1v) is 4.01. The summed E-state index contributed by atoms with van der Waals surface area (Å²) in [4.78, 5) is 11.3. The molecule has 0 saturated carbocycles. The van der Waals surface area contributed by atoms with Crippen LogP contribution in [-0.2, 0) is 9.53 Å². The second kappa shape index (κ2) is 3.67. The van der Waals surface area contributed by atoms with Crippen LogP contribution in [0.5, 0.6) is 0 Å². The molecule has 2 atom stereocenters.